The summed E-state index contributed by atoms with van der Waals surface area (Å²) in [5.74, 6) is 1.36. The molecule has 0 spiro atoms. The zero-order chi connectivity index (χ0) is 20.9. The molecule has 3 N–H and O–H groups in total. The van der Waals surface area contributed by atoms with Gasteiger partial charge in [-0.05, 0) is 48.0 Å². The van der Waals surface area contributed by atoms with Crippen molar-refractivity contribution in [2.75, 3.05) is 7.11 Å². The van der Waals surface area contributed by atoms with E-state index in [9.17, 15) is 9.90 Å². The topological polar surface area (TPSA) is 99.6 Å². The van der Waals surface area contributed by atoms with Crippen LogP contribution < -0.4 is 10.2 Å². The molecule has 1 amide bonds. The normalized spacial score (nSPS) is 11.1. The number of H-pyrrole nitrogens is 1. The molecule has 0 fully saturated rings. The van der Waals surface area contributed by atoms with Gasteiger partial charge in [0, 0.05) is 17.5 Å². The largest absolute Gasteiger partial charge is 0.507 e. The zero-order valence-electron chi connectivity index (χ0n) is 16.3. The second kappa shape index (κ2) is 8.48. The SMILES string of the molecule is COc1ccc(Cc2nc3ccc(C(=O)N/N=C\c4ccccc4O)cc3[nH]2)cc1. The zero-order valence-corrected chi connectivity index (χ0v) is 16.3. The third-order valence-electron chi connectivity index (χ3n) is 4.63. The highest BCUT2D eigenvalue weighted by molar-refractivity contribution is 5.98. The molecule has 0 bridgehead atoms. The molecule has 30 heavy (non-hydrogen) atoms. The molecule has 0 saturated heterocycles. The number of phenolic OH excluding ortho intramolecular Hbond substituents is 1. The Balaban J connectivity index is 1.46. The predicted molar refractivity (Wildman–Crippen MR) is 115 cm³/mol. The number of imidazole rings is 1. The highest BCUT2D eigenvalue weighted by atomic mass is 16.5. The van der Waals surface area contributed by atoms with Gasteiger partial charge in [0.1, 0.15) is 17.3 Å². The number of hydrogen-bond donors (Lipinski definition) is 3. The fourth-order valence-corrected chi connectivity index (χ4v) is 3.05. The molecule has 3 aromatic carbocycles. The number of aromatic amines is 1. The van der Waals surface area contributed by atoms with E-state index in [4.69, 9.17) is 4.74 Å². The Hall–Kier alpha value is -4.13. The molecule has 0 unspecified atom stereocenters. The maximum atomic E-state index is 12.4. The number of carbonyl (C=O) groups excluding carboxylic acids is 1. The molecule has 0 aliphatic heterocycles. The third-order valence-corrected chi connectivity index (χ3v) is 4.63. The van der Waals surface area contributed by atoms with Crippen LogP contribution in [0.5, 0.6) is 11.5 Å². The molecular formula is C23H20N4O3. The lowest BCUT2D eigenvalue weighted by molar-refractivity contribution is 0.0955. The van der Waals surface area contributed by atoms with E-state index in [0.29, 0.717) is 17.5 Å². The average molecular weight is 400 g/mol. The van der Waals surface area contributed by atoms with Crippen molar-refractivity contribution in [3.8, 4) is 11.5 Å². The number of nitrogens with zero attached hydrogens (tertiary/aromatic N) is 2. The lowest BCUT2D eigenvalue weighted by Crippen LogP contribution is -2.17. The first-order valence-corrected chi connectivity index (χ1v) is 9.35. The average Bonchev–Trinajstić information content (AvgIpc) is 3.17. The summed E-state index contributed by atoms with van der Waals surface area (Å²) in [4.78, 5) is 20.2. The number of amides is 1. The summed E-state index contributed by atoms with van der Waals surface area (Å²) in [7, 11) is 1.64. The third kappa shape index (κ3) is 4.30. The van der Waals surface area contributed by atoms with Gasteiger partial charge >= 0.3 is 0 Å². The van der Waals surface area contributed by atoms with Gasteiger partial charge in [-0.1, -0.05) is 24.3 Å². The van der Waals surface area contributed by atoms with E-state index in [1.807, 2.05) is 24.3 Å². The van der Waals surface area contributed by atoms with E-state index in [-0.39, 0.29) is 11.7 Å². The molecule has 0 atom stereocenters. The van der Waals surface area contributed by atoms with Crippen molar-refractivity contribution in [2.45, 2.75) is 6.42 Å². The van der Waals surface area contributed by atoms with Crippen LogP contribution in [-0.2, 0) is 6.42 Å². The first-order chi connectivity index (χ1) is 14.6. The van der Waals surface area contributed by atoms with Crippen LogP contribution in [0.15, 0.2) is 71.8 Å². The number of rotatable bonds is 6. The number of aromatic nitrogens is 2. The summed E-state index contributed by atoms with van der Waals surface area (Å²) in [5, 5.41) is 13.6. The Morgan fingerprint density at radius 2 is 1.97 bits per heavy atom. The second-order valence-corrected chi connectivity index (χ2v) is 6.70. The van der Waals surface area contributed by atoms with Crippen molar-refractivity contribution in [1.29, 1.82) is 0 Å². The molecule has 0 radical (unpaired) electrons. The van der Waals surface area contributed by atoms with Crippen molar-refractivity contribution in [3.05, 3.63) is 89.2 Å². The van der Waals surface area contributed by atoms with Gasteiger partial charge in [0.25, 0.3) is 5.91 Å². The van der Waals surface area contributed by atoms with Gasteiger partial charge in [-0.15, -0.1) is 0 Å². The number of fused-ring (bicyclic) bond motifs is 1. The van der Waals surface area contributed by atoms with Crippen LogP contribution in [0.25, 0.3) is 11.0 Å². The Morgan fingerprint density at radius 1 is 1.17 bits per heavy atom. The van der Waals surface area contributed by atoms with Crippen molar-refractivity contribution >= 4 is 23.2 Å². The number of ether oxygens (including phenoxy) is 1. The Kier molecular flexibility index (Phi) is 5.43. The fourth-order valence-electron chi connectivity index (χ4n) is 3.05. The van der Waals surface area contributed by atoms with Crippen LogP contribution in [0.3, 0.4) is 0 Å². The summed E-state index contributed by atoms with van der Waals surface area (Å²) >= 11 is 0. The summed E-state index contributed by atoms with van der Waals surface area (Å²) in [6.07, 6.45) is 2.04. The molecule has 7 heteroatoms. The van der Waals surface area contributed by atoms with Crippen LogP contribution in [0, 0.1) is 0 Å². The summed E-state index contributed by atoms with van der Waals surface area (Å²) < 4.78 is 5.18. The van der Waals surface area contributed by atoms with Gasteiger partial charge in [0.2, 0.25) is 0 Å². The molecule has 4 rings (SSSR count). The van der Waals surface area contributed by atoms with Crippen LogP contribution in [0.2, 0.25) is 0 Å². The van der Waals surface area contributed by atoms with Gasteiger partial charge in [-0.3, -0.25) is 4.79 Å². The molecule has 7 nitrogen and oxygen atoms in total. The highest BCUT2D eigenvalue weighted by Crippen LogP contribution is 2.18. The van der Waals surface area contributed by atoms with Gasteiger partial charge in [-0.25, -0.2) is 10.4 Å². The van der Waals surface area contributed by atoms with Crippen molar-refractivity contribution in [1.82, 2.24) is 15.4 Å². The molecule has 4 aromatic rings. The van der Waals surface area contributed by atoms with Crippen LogP contribution in [0.1, 0.15) is 27.3 Å². The van der Waals surface area contributed by atoms with Crippen LogP contribution in [0.4, 0.5) is 0 Å². The monoisotopic (exact) mass is 400 g/mol. The van der Waals surface area contributed by atoms with E-state index < -0.39 is 0 Å². The van der Waals surface area contributed by atoms with Gasteiger partial charge in [-0.2, -0.15) is 5.10 Å². The van der Waals surface area contributed by atoms with Crippen LogP contribution >= 0.6 is 0 Å². The number of methoxy groups -OCH3 is 1. The number of aromatic hydroxyl groups is 1. The maximum absolute atomic E-state index is 12.4. The summed E-state index contributed by atoms with van der Waals surface area (Å²) in [6.45, 7) is 0. The van der Waals surface area contributed by atoms with E-state index in [1.165, 1.54) is 6.21 Å². The standard InChI is InChI=1S/C23H20N4O3/c1-30-18-9-6-15(7-10-18)12-22-25-19-11-8-16(13-20(19)26-22)23(29)27-24-14-17-4-2-3-5-21(17)28/h2-11,13-14,28H,12H2,1H3,(H,25,26)(H,27,29)/b24-14-. The lowest BCUT2D eigenvalue weighted by atomic mass is 10.1. The van der Waals surface area contributed by atoms with Gasteiger partial charge in [0.15, 0.2) is 0 Å². The van der Waals surface area contributed by atoms with Crippen molar-refractivity contribution in [3.63, 3.8) is 0 Å². The first-order valence-electron chi connectivity index (χ1n) is 9.35. The van der Waals surface area contributed by atoms with E-state index in [0.717, 1.165) is 28.2 Å². The lowest BCUT2D eigenvalue weighted by Gasteiger charge is -2.01. The predicted octanol–water partition coefficient (Wildman–Crippen LogP) is 3.63. The van der Waals surface area contributed by atoms with Gasteiger partial charge in [0.05, 0.1) is 24.4 Å². The number of phenols is 1. The molecular weight excluding hydrogens is 380 g/mol. The summed E-state index contributed by atoms with van der Waals surface area (Å²) in [5.41, 5.74) is 6.11. The maximum Gasteiger partial charge on any atom is 0.271 e. The number of carbonyl (C=O) groups is 1. The van der Waals surface area contributed by atoms with Crippen LogP contribution in [-0.4, -0.2) is 34.3 Å². The molecule has 0 aliphatic carbocycles. The molecule has 1 aromatic heterocycles. The minimum Gasteiger partial charge on any atom is -0.507 e. The van der Waals surface area contributed by atoms with E-state index >= 15 is 0 Å². The number of nitrogens with one attached hydrogen (secondary N) is 2. The number of benzene rings is 3. The fraction of sp³-hybridized carbons (Fsp3) is 0.0870. The van der Waals surface area contributed by atoms with E-state index in [2.05, 4.69) is 20.5 Å². The minimum absolute atomic E-state index is 0.0961. The number of hydrogen-bond acceptors (Lipinski definition) is 5. The highest BCUT2D eigenvalue weighted by Gasteiger charge is 2.09. The van der Waals surface area contributed by atoms with E-state index in [1.54, 1.807) is 49.6 Å². The summed E-state index contributed by atoms with van der Waals surface area (Å²) in [6, 6.07) is 19.8. The number of para-hydroxylation sites is 1. The Morgan fingerprint density at radius 3 is 2.73 bits per heavy atom. The first kappa shape index (κ1) is 19.2. The molecule has 1 heterocycles. The molecule has 0 aliphatic rings. The number of hydrazone groups is 1. The minimum atomic E-state index is -0.352. The Labute approximate surface area is 173 Å². The smallest absolute Gasteiger partial charge is 0.271 e. The van der Waals surface area contributed by atoms with Crippen molar-refractivity contribution in [2.24, 2.45) is 5.10 Å². The molecule has 150 valence electrons. The Bertz CT molecular complexity index is 1210. The van der Waals surface area contributed by atoms with Gasteiger partial charge < -0.3 is 14.8 Å². The van der Waals surface area contributed by atoms with Crippen molar-refractivity contribution < 1.29 is 14.6 Å². The second-order valence-electron chi connectivity index (χ2n) is 6.70. The molecule has 0 saturated carbocycles. The quantitative estimate of drug-likeness (QED) is 0.340.